The van der Waals surface area contributed by atoms with Gasteiger partial charge in [-0.2, -0.15) is 0 Å². The number of benzene rings is 4. The van der Waals surface area contributed by atoms with Crippen molar-refractivity contribution in [2.24, 2.45) is 0 Å². The van der Waals surface area contributed by atoms with E-state index in [1.54, 1.807) is 30.1 Å². The number of amides is 2. The van der Waals surface area contributed by atoms with Crippen molar-refractivity contribution < 1.29 is 9.59 Å². The lowest BCUT2D eigenvalue weighted by molar-refractivity contribution is -0.110. The molecule has 0 saturated heterocycles. The highest BCUT2D eigenvalue weighted by Crippen LogP contribution is 2.38. The fourth-order valence-electron chi connectivity index (χ4n) is 4.78. The van der Waals surface area contributed by atoms with Crippen LogP contribution < -0.4 is 20.9 Å². The number of unbranched alkanes of at least 4 members (excludes halogenated alkanes) is 1. The molecule has 3 N–H and O–H groups in total. The molecular weight excluding hydrogens is 496 g/mol. The molecule has 202 valence electrons. The fraction of sp³-hybridized carbons (Fsp3) is 0.176. The molecule has 0 spiro atoms. The molecule has 0 aliphatic carbocycles. The average Bonchev–Trinajstić information content (AvgIpc) is 3.33. The molecule has 1 aliphatic heterocycles. The van der Waals surface area contributed by atoms with Gasteiger partial charge in [0, 0.05) is 41.8 Å². The topological polar surface area (TPSA) is 73.5 Å². The van der Waals surface area contributed by atoms with Crippen molar-refractivity contribution in [3.8, 4) is 0 Å². The Labute approximate surface area is 235 Å². The summed E-state index contributed by atoms with van der Waals surface area (Å²) >= 11 is 0. The maximum atomic E-state index is 13.4. The first-order valence-corrected chi connectivity index (χ1v) is 13.7. The van der Waals surface area contributed by atoms with Crippen LogP contribution in [0, 0.1) is 0 Å². The number of hydrogen-bond acceptors (Lipinski definition) is 4. The fourth-order valence-corrected chi connectivity index (χ4v) is 4.78. The van der Waals surface area contributed by atoms with Crippen LogP contribution in [0.1, 0.15) is 46.8 Å². The number of nitrogens with one attached hydrogen (secondary N) is 3. The van der Waals surface area contributed by atoms with Crippen LogP contribution in [-0.2, 0) is 11.3 Å². The molecular formula is C34H34N4O2. The third kappa shape index (κ3) is 5.98. The molecule has 0 radical (unpaired) electrons. The Kier molecular flexibility index (Phi) is 8.38. The van der Waals surface area contributed by atoms with Crippen molar-refractivity contribution in [2.75, 3.05) is 29.1 Å². The summed E-state index contributed by atoms with van der Waals surface area (Å²) in [6.45, 7) is 4.00. The van der Waals surface area contributed by atoms with E-state index in [2.05, 4.69) is 35.0 Å². The highest BCUT2D eigenvalue weighted by atomic mass is 16.2. The van der Waals surface area contributed by atoms with E-state index in [4.69, 9.17) is 0 Å². The first-order valence-electron chi connectivity index (χ1n) is 13.7. The standard InChI is InChI=1S/C34H34N4O2/c1-3-4-21-35-23-24-15-18-27(19-16-24)36-32(25-11-7-5-8-12-25)31-29-22-26(17-20-30(29)37-33(31)39)34(40)38(2)28-13-9-6-10-14-28/h5-20,22,35-36H,3-4,21,23H2,1-2H3,(H,37,39). The maximum absolute atomic E-state index is 13.4. The Hall–Kier alpha value is -4.68. The highest BCUT2D eigenvalue weighted by Gasteiger charge is 2.30. The molecule has 6 heteroatoms. The smallest absolute Gasteiger partial charge is 0.258 e. The monoisotopic (exact) mass is 530 g/mol. The molecule has 0 fully saturated rings. The number of rotatable bonds is 10. The zero-order chi connectivity index (χ0) is 27.9. The molecule has 2 amide bonds. The van der Waals surface area contributed by atoms with E-state index in [1.165, 1.54) is 12.0 Å². The van der Waals surface area contributed by atoms with E-state index in [9.17, 15) is 9.59 Å². The molecule has 0 aromatic heterocycles. The van der Waals surface area contributed by atoms with Crippen molar-refractivity contribution >= 4 is 40.1 Å². The second-order valence-corrected chi connectivity index (χ2v) is 9.88. The first-order chi connectivity index (χ1) is 19.5. The Bertz CT molecular complexity index is 1510. The van der Waals surface area contributed by atoms with Crippen LogP contribution in [-0.4, -0.2) is 25.4 Å². The van der Waals surface area contributed by atoms with Gasteiger partial charge in [-0.3, -0.25) is 9.59 Å². The number of carbonyl (C=O) groups excluding carboxylic acids is 2. The Morgan fingerprint density at radius 1 is 0.850 bits per heavy atom. The lowest BCUT2D eigenvalue weighted by Crippen LogP contribution is -2.26. The normalized spacial score (nSPS) is 13.4. The quantitative estimate of drug-likeness (QED) is 0.156. The number of carbonyl (C=O) groups is 2. The van der Waals surface area contributed by atoms with Gasteiger partial charge in [0.1, 0.15) is 0 Å². The molecule has 4 aromatic rings. The predicted molar refractivity (Wildman–Crippen MR) is 164 cm³/mol. The summed E-state index contributed by atoms with van der Waals surface area (Å²) in [5.41, 5.74) is 6.83. The summed E-state index contributed by atoms with van der Waals surface area (Å²) in [6.07, 6.45) is 2.33. The van der Waals surface area contributed by atoms with Crippen molar-refractivity contribution in [3.05, 3.63) is 125 Å². The van der Waals surface area contributed by atoms with Gasteiger partial charge in [0.25, 0.3) is 11.8 Å². The molecule has 1 heterocycles. The number of hydrogen-bond donors (Lipinski definition) is 3. The number of nitrogens with zero attached hydrogens (tertiary/aromatic N) is 1. The number of para-hydroxylation sites is 1. The van der Waals surface area contributed by atoms with Crippen LogP contribution in [0.3, 0.4) is 0 Å². The molecule has 0 bridgehead atoms. The lowest BCUT2D eigenvalue weighted by Gasteiger charge is -2.18. The Morgan fingerprint density at radius 2 is 1.55 bits per heavy atom. The van der Waals surface area contributed by atoms with E-state index in [-0.39, 0.29) is 11.8 Å². The van der Waals surface area contributed by atoms with Gasteiger partial charge >= 0.3 is 0 Å². The first kappa shape index (κ1) is 26.9. The molecule has 4 aromatic carbocycles. The molecule has 40 heavy (non-hydrogen) atoms. The van der Waals surface area contributed by atoms with Crippen LogP contribution in [0.25, 0.3) is 11.3 Å². The SMILES string of the molecule is CCCCNCc1ccc(NC(=C2C(=O)Nc3ccc(C(=O)N(C)c4ccccc4)cc32)c2ccccc2)cc1. The summed E-state index contributed by atoms with van der Waals surface area (Å²) in [6, 6.07) is 32.9. The van der Waals surface area contributed by atoms with Gasteiger partial charge in [0.15, 0.2) is 0 Å². The minimum Gasteiger partial charge on any atom is -0.354 e. The zero-order valence-corrected chi connectivity index (χ0v) is 22.9. The molecule has 5 rings (SSSR count). The summed E-state index contributed by atoms with van der Waals surface area (Å²) in [5, 5.41) is 9.96. The van der Waals surface area contributed by atoms with E-state index < -0.39 is 0 Å². The van der Waals surface area contributed by atoms with E-state index >= 15 is 0 Å². The van der Waals surface area contributed by atoms with Crippen LogP contribution in [0.2, 0.25) is 0 Å². The third-order valence-electron chi connectivity index (χ3n) is 7.03. The van der Waals surface area contributed by atoms with Crippen LogP contribution in [0.5, 0.6) is 0 Å². The zero-order valence-electron chi connectivity index (χ0n) is 22.9. The molecule has 0 atom stereocenters. The molecule has 1 aliphatic rings. The van der Waals surface area contributed by atoms with Gasteiger partial charge in [-0.05, 0) is 66.6 Å². The van der Waals surface area contributed by atoms with Crippen LogP contribution in [0.15, 0.2) is 103 Å². The minimum atomic E-state index is -0.209. The van der Waals surface area contributed by atoms with E-state index in [0.717, 1.165) is 36.4 Å². The van der Waals surface area contributed by atoms with Crippen molar-refractivity contribution in [2.45, 2.75) is 26.3 Å². The lowest BCUT2D eigenvalue weighted by atomic mass is 9.98. The summed E-state index contributed by atoms with van der Waals surface area (Å²) in [4.78, 5) is 28.4. The molecule has 0 unspecified atom stereocenters. The number of fused-ring (bicyclic) bond motifs is 1. The number of anilines is 3. The summed E-state index contributed by atoms with van der Waals surface area (Å²) in [7, 11) is 1.75. The highest BCUT2D eigenvalue weighted by molar-refractivity contribution is 6.37. The van der Waals surface area contributed by atoms with Crippen LogP contribution in [0.4, 0.5) is 17.1 Å². The van der Waals surface area contributed by atoms with Gasteiger partial charge in [-0.25, -0.2) is 0 Å². The third-order valence-corrected chi connectivity index (χ3v) is 7.03. The van der Waals surface area contributed by atoms with E-state index in [1.807, 2.05) is 72.8 Å². The predicted octanol–water partition coefficient (Wildman–Crippen LogP) is 6.79. The summed E-state index contributed by atoms with van der Waals surface area (Å²) in [5.74, 6) is -0.357. The second-order valence-electron chi connectivity index (χ2n) is 9.88. The average molecular weight is 531 g/mol. The molecule has 0 saturated carbocycles. The minimum absolute atomic E-state index is 0.148. The Balaban J connectivity index is 1.49. The van der Waals surface area contributed by atoms with Crippen molar-refractivity contribution in [1.29, 1.82) is 0 Å². The van der Waals surface area contributed by atoms with Gasteiger partial charge in [-0.1, -0.05) is 74.0 Å². The van der Waals surface area contributed by atoms with E-state index in [0.29, 0.717) is 28.1 Å². The summed E-state index contributed by atoms with van der Waals surface area (Å²) < 4.78 is 0. The maximum Gasteiger partial charge on any atom is 0.258 e. The largest absolute Gasteiger partial charge is 0.354 e. The van der Waals surface area contributed by atoms with Crippen LogP contribution >= 0.6 is 0 Å². The van der Waals surface area contributed by atoms with Gasteiger partial charge in [0.2, 0.25) is 0 Å². The van der Waals surface area contributed by atoms with Gasteiger partial charge < -0.3 is 20.9 Å². The van der Waals surface area contributed by atoms with Gasteiger partial charge in [-0.15, -0.1) is 0 Å². The second kappa shape index (κ2) is 12.5. The van der Waals surface area contributed by atoms with Crippen molar-refractivity contribution in [1.82, 2.24) is 5.32 Å². The molecule has 6 nitrogen and oxygen atoms in total. The Morgan fingerprint density at radius 3 is 2.25 bits per heavy atom. The van der Waals surface area contributed by atoms with Crippen molar-refractivity contribution in [3.63, 3.8) is 0 Å². The van der Waals surface area contributed by atoms with Gasteiger partial charge in [0.05, 0.1) is 11.3 Å².